The Bertz CT molecular complexity index is 521. The maximum atomic E-state index is 12.4. The van der Waals surface area contributed by atoms with Gasteiger partial charge in [-0.25, -0.2) is 4.79 Å². The molecule has 3 atom stereocenters. The molecule has 3 heterocycles. The van der Waals surface area contributed by atoms with Gasteiger partial charge in [-0.2, -0.15) is 0 Å². The van der Waals surface area contributed by atoms with Crippen LogP contribution in [0.5, 0.6) is 0 Å². The number of fused-ring (bicyclic) bond motifs is 1. The second kappa shape index (κ2) is 4.79. The van der Waals surface area contributed by atoms with Crippen molar-refractivity contribution in [3.8, 4) is 0 Å². The summed E-state index contributed by atoms with van der Waals surface area (Å²) in [6.07, 6.45) is 0.329. The summed E-state index contributed by atoms with van der Waals surface area (Å²) < 4.78 is -0.797. The number of hydrogen-bond acceptors (Lipinski definition) is 6. The van der Waals surface area contributed by atoms with E-state index in [0.29, 0.717) is 13.0 Å². The molecule has 0 spiro atoms. The van der Waals surface area contributed by atoms with E-state index in [2.05, 4.69) is 10.6 Å². The van der Waals surface area contributed by atoms with Crippen LogP contribution in [0.1, 0.15) is 20.3 Å². The summed E-state index contributed by atoms with van der Waals surface area (Å²) in [5, 5.41) is 14.8. The van der Waals surface area contributed by atoms with E-state index in [4.69, 9.17) is 0 Å². The second-order valence-corrected chi connectivity index (χ2v) is 8.77. The molecule has 3 saturated heterocycles. The number of carbonyl (C=O) groups is 3. The smallest absolute Gasteiger partial charge is 0.352 e. The van der Waals surface area contributed by atoms with Crippen molar-refractivity contribution in [1.82, 2.24) is 15.5 Å². The molecule has 0 aromatic rings. The largest absolute Gasteiger partial charge is 0.478 e. The number of amides is 2. The highest BCUT2D eigenvalue weighted by Crippen LogP contribution is 2.55. The van der Waals surface area contributed by atoms with Gasteiger partial charge in [0, 0.05) is 12.3 Å². The third-order valence-corrected chi connectivity index (χ3v) is 6.83. The summed E-state index contributed by atoms with van der Waals surface area (Å²) in [6, 6.07) is 0. The Hall–Kier alpha value is -0.930. The number of nitrogens with one attached hydrogen (secondary N) is 2. The van der Waals surface area contributed by atoms with E-state index in [1.807, 2.05) is 0 Å². The van der Waals surface area contributed by atoms with Crippen LogP contribution in [0, 0.1) is 0 Å². The first kappa shape index (κ1) is 15.0. The first-order valence-electron chi connectivity index (χ1n) is 6.70. The molecule has 21 heavy (non-hydrogen) atoms. The molecule has 0 aromatic heterocycles. The Labute approximate surface area is 130 Å². The van der Waals surface area contributed by atoms with Gasteiger partial charge in [-0.15, -0.1) is 23.5 Å². The highest BCUT2D eigenvalue weighted by atomic mass is 32.2. The van der Waals surface area contributed by atoms with Crippen molar-refractivity contribution in [1.29, 1.82) is 0 Å². The quantitative estimate of drug-likeness (QED) is 0.607. The number of β-lactam (4-membered cyclic amide) rings is 1. The summed E-state index contributed by atoms with van der Waals surface area (Å²) in [7, 11) is 0. The van der Waals surface area contributed by atoms with Gasteiger partial charge in [0.05, 0.1) is 16.5 Å². The van der Waals surface area contributed by atoms with Crippen molar-refractivity contribution < 1.29 is 19.5 Å². The molecule has 116 valence electrons. The van der Waals surface area contributed by atoms with E-state index in [-0.39, 0.29) is 17.2 Å². The van der Waals surface area contributed by atoms with Gasteiger partial charge in [-0.05, 0) is 13.8 Å². The molecule has 0 saturated carbocycles. The maximum absolute atomic E-state index is 12.4. The minimum atomic E-state index is -1.68. The molecular formula is C12H17N3O4S2. The fourth-order valence-electron chi connectivity index (χ4n) is 3.06. The summed E-state index contributed by atoms with van der Waals surface area (Å²) in [6.45, 7) is 4.23. The number of carboxylic acid groups (broad SMARTS) is 1. The average Bonchev–Trinajstić information content (AvgIpc) is 2.94. The third-order valence-electron chi connectivity index (χ3n) is 4.14. The summed E-state index contributed by atoms with van der Waals surface area (Å²) in [4.78, 5) is 37.6. The Balaban J connectivity index is 1.93. The maximum Gasteiger partial charge on any atom is 0.352 e. The first-order chi connectivity index (χ1) is 9.79. The molecule has 1 unspecified atom stereocenters. The van der Waals surface area contributed by atoms with Crippen LogP contribution in [-0.4, -0.2) is 61.2 Å². The number of carbonyl (C=O) groups excluding carboxylic acids is 2. The molecule has 0 bridgehead atoms. The highest BCUT2D eigenvalue weighted by molar-refractivity contribution is 8.01. The standard InChI is InChI=1S/C12H17N3O4S2/c1-11(2)12(10(18)19,15-6(16)5-7(15)21-11)14-8(17)9-13-3-4-20-9/h7,9,13H,3-5H2,1-2H3,(H,14,17)(H,18,19)/t7-,9?,12+/m1/s1. The zero-order valence-electron chi connectivity index (χ0n) is 11.7. The van der Waals surface area contributed by atoms with Crippen molar-refractivity contribution in [2.75, 3.05) is 12.3 Å². The molecule has 0 radical (unpaired) electrons. The summed E-state index contributed by atoms with van der Waals surface area (Å²) in [5.74, 6) is -0.990. The van der Waals surface area contributed by atoms with Crippen LogP contribution in [0.2, 0.25) is 0 Å². The SMILES string of the molecule is CC1(C)S[C@@H]2CC(=O)N2[C@@]1(NC(=O)C1NCCS1)C(=O)O. The molecular weight excluding hydrogens is 314 g/mol. The zero-order valence-corrected chi connectivity index (χ0v) is 13.3. The minimum Gasteiger partial charge on any atom is -0.478 e. The predicted molar refractivity (Wildman–Crippen MR) is 79.7 cm³/mol. The molecule has 3 aliphatic rings. The highest BCUT2D eigenvalue weighted by Gasteiger charge is 2.70. The molecule has 3 fully saturated rings. The van der Waals surface area contributed by atoms with Gasteiger partial charge in [0.25, 0.3) is 0 Å². The fraction of sp³-hybridized carbons (Fsp3) is 0.750. The molecule has 3 rings (SSSR count). The number of carboxylic acids is 1. The van der Waals surface area contributed by atoms with Gasteiger partial charge in [-0.1, -0.05) is 0 Å². The van der Waals surface area contributed by atoms with Crippen molar-refractivity contribution in [2.45, 2.75) is 41.4 Å². The van der Waals surface area contributed by atoms with Gasteiger partial charge in [0.15, 0.2) is 0 Å². The van der Waals surface area contributed by atoms with Gasteiger partial charge in [0.2, 0.25) is 17.5 Å². The number of aliphatic carboxylic acids is 1. The normalized spacial score (nSPS) is 37.0. The molecule has 7 nitrogen and oxygen atoms in total. The van der Waals surface area contributed by atoms with Gasteiger partial charge >= 0.3 is 5.97 Å². The van der Waals surface area contributed by atoms with E-state index in [9.17, 15) is 19.5 Å². The number of rotatable bonds is 3. The van der Waals surface area contributed by atoms with Gasteiger partial charge in [0.1, 0.15) is 5.37 Å². The summed E-state index contributed by atoms with van der Waals surface area (Å²) >= 11 is 2.86. The van der Waals surface area contributed by atoms with Crippen LogP contribution in [0.25, 0.3) is 0 Å². The lowest BCUT2D eigenvalue weighted by Crippen LogP contribution is -2.75. The van der Waals surface area contributed by atoms with Crippen molar-refractivity contribution in [3.05, 3.63) is 0 Å². The Kier molecular flexibility index (Phi) is 3.42. The predicted octanol–water partition coefficient (Wildman–Crippen LogP) is -0.370. The van der Waals surface area contributed by atoms with Crippen molar-refractivity contribution >= 4 is 41.3 Å². The van der Waals surface area contributed by atoms with E-state index >= 15 is 0 Å². The lowest BCUT2D eigenvalue weighted by Gasteiger charge is -2.46. The minimum absolute atomic E-state index is 0.173. The third kappa shape index (κ3) is 1.97. The van der Waals surface area contributed by atoms with Crippen LogP contribution >= 0.6 is 23.5 Å². The van der Waals surface area contributed by atoms with E-state index in [1.54, 1.807) is 13.8 Å². The molecule has 0 aliphatic carbocycles. The molecule has 9 heteroatoms. The Morgan fingerprint density at radius 3 is 2.71 bits per heavy atom. The van der Waals surface area contributed by atoms with Crippen LogP contribution in [0.15, 0.2) is 0 Å². The van der Waals surface area contributed by atoms with Crippen molar-refractivity contribution in [3.63, 3.8) is 0 Å². The van der Waals surface area contributed by atoms with Crippen LogP contribution in [-0.2, 0) is 14.4 Å². The van der Waals surface area contributed by atoms with E-state index in [1.165, 1.54) is 28.4 Å². The Morgan fingerprint density at radius 2 is 2.19 bits per heavy atom. The van der Waals surface area contributed by atoms with E-state index in [0.717, 1.165) is 5.75 Å². The topological polar surface area (TPSA) is 98.7 Å². The monoisotopic (exact) mass is 331 g/mol. The second-order valence-electron chi connectivity index (χ2n) is 5.76. The van der Waals surface area contributed by atoms with Gasteiger partial charge < -0.3 is 10.4 Å². The summed E-state index contributed by atoms with van der Waals surface area (Å²) in [5.41, 5.74) is -1.68. The van der Waals surface area contributed by atoms with Crippen LogP contribution < -0.4 is 10.6 Å². The zero-order chi connectivity index (χ0) is 15.4. The Morgan fingerprint density at radius 1 is 1.48 bits per heavy atom. The van der Waals surface area contributed by atoms with Crippen LogP contribution in [0.4, 0.5) is 0 Å². The molecule has 3 N–H and O–H groups in total. The molecule has 2 amide bonds. The first-order valence-corrected chi connectivity index (χ1v) is 8.63. The molecule has 0 aromatic carbocycles. The van der Waals surface area contributed by atoms with Crippen molar-refractivity contribution in [2.24, 2.45) is 0 Å². The lowest BCUT2D eigenvalue weighted by molar-refractivity contribution is -0.173. The molecule has 3 aliphatic heterocycles. The number of nitrogens with zero attached hydrogens (tertiary/aromatic N) is 1. The van der Waals surface area contributed by atoms with Gasteiger partial charge in [-0.3, -0.25) is 19.8 Å². The fourth-order valence-corrected chi connectivity index (χ4v) is 5.67. The number of hydrogen-bond donors (Lipinski definition) is 3. The average molecular weight is 331 g/mol. The van der Waals surface area contributed by atoms with Crippen LogP contribution in [0.3, 0.4) is 0 Å². The lowest BCUT2D eigenvalue weighted by atomic mass is 9.90. The number of thioether (sulfide) groups is 2. The van der Waals surface area contributed by atoms with E-state index < -0.39 is 21.8 Å².